The molecule has 1 aromatic heterocycles. The summed E-state index contributed by atoms with van der Waals surface area (Å²) < 4.78 is 6.00. The third kappa shape index (κ3) is 3.10. The zero-order valence-corrected chi connectivity index (χ0v) is 11.9. The molecular weight excluding hydrogens is 326 g/mol. The van der Waals surface area contributed by atoms with Crippen LogP contribution in [0, 0.1) is 28.4 Å². The molecule has 6 nitrogen and oxygen atoms in total. The number of hydrogen-bond donors (Lipinski definition) is 0. The second-order valence-electron chi connectivity index (χ2n) is 3.92. The van der Waals surface area contributed by atoms with Crippen LogP contribution in [0.3, 0.4) is 0 Å². The molecule has 0 spiro atoms. The molecule has 20 heavy (non-hydrogen) atoms. The number of halogens is 1. The summed E-state index contributed by atoms with van der Waals surface area (Å²) in [5.41, 5.74) is 0.798. The zero-order chi connectivity index (χ0) is 14.7. The minimum Gasteiger partial charge on any atom is -0.432 e. The van der Waals surface area contributed by atoms with E-state index in [2.05, 4.69) is 20.9 Å². The maximum atomic E-state index is 11.0. The van der Waals surface area contributed by atoms with Gasteiger partial charge in [0.05, 0.1) is 16.6 Å². The SMILES string of the molecule is Cc1cc(C#N)cc(Oc2ccc(Br)cc2[N+](=O)[O-])n1. The highest BCUT2D eigenvalue weighted by Gasteiger charge is 2.17. The van der Waals surface area contributed by atoms with E-state index in [4.69, 9.17) is 10.00 Å². The Balaban J connectivity index is 2.42. The first-order valence-corrected chi connectivity index (χ1v) is 6.29. The van der Waals surface area contributed by atoms with Crippen molar-refractivity contribution in [3.8, 4) is 17.7 Å². The number of rotatable bonds is 3. The number of hydrogen-bond acceptors (Lipinski definition) is 5. The summed E-state index contributed by atoms with van der Waals surface area (Å²) in [5.74, 6) is 0.215. The summed E-state index contributed by atoms with van der Waals surface area (Å²) in [6.45, 7) is 1.71. The van der Waals surface area contributed by atoms with Gasteiger partial charge in [-0.2, -0.15) is 5.26 Å². The summed E-state index contributed by atoms with van der Waals surface area (Å²) in [5, 5.41) is 19.9. The summed E-state index contributed by atoms with van der Waals surface area (Å²) in [6, 6.07) is 9.45. The van der Waals surface area contributed by atoms with Crippen molar-refractivity contribution in [2.24, 2.45) is 0 Å². The van der Waals surface area contributed by atoms with Gasteiger partial charge in [-0.15, -0.1) is 0 Å². The number of nitrogens with zero attached hydrogens (tertiary/aromatic N) is 3. The average Bonchev–Trinajstić information content (AvgIpc) is 2.40. The average molecular weight is 334 g/mol. The van der Waals surface area contributed by atoms with Gasteiger partial charge in [0.15, 0.2) is 0 Å². The fourth-order valence-corrected chi connectivity index (χ4v) is 1.94. The van der Waals surface area contributed by atoms with Crippen molar-refractivity contribution in [3.05, 3.63) is 56.2 Å². The van der Waals surface area contributed by atoms with Crippen molar-refractivity contribution >= 4 is 21.6 Å². The van der Waals surface area contributed by atoms with E-state index in [1.165, 1.54) is 18.2 Å². The van der Waals surface area contributed by atoms with Crippen LogP contribution < -0.4 is 4.74 Å². The third-order valence-electron chi connectivity index (χ3n) is 2.39. The van der Waals surface area contributed by atoms with E-state index in [-0.39, 0.29) is 17.3 Å². The van der Waals surface area contributed by atoms with Gasteiger partial charge < -0.3 is 4.74 Å². The number of nitro groups is 1. The van der Waals surface area contributed by atoms with Crippen LogP contribution in [-0.4, -0.2) is 9.91 Å². The van der Waals surface area contributed by atoms with Gasteiger partial charge in [0.1, 0.15) is 0 Å². The first kappa shape index (κ1) is 14.0. The molecule has 2 rings (SSSR count). The Morgan fingerprint density at radius 3 is 2.80 bits per heavy atom. The lowest BCUT2D eigenvalue weighted by Gasteiger charge is -2.06. The smallest absolute Gasteiger partial charge is 0.312 e. The van der Waals surface area contributed by atoms with E-state index in [0.717, 1.165) is 0 Å². The number of pyridine rings is 1. The van der Waals surface area contributed by atoms with Crippen molar-refractivity contribution in [2.75, 3.05) is 0 Å². The Morgan fingerprint density at radius 1 is 1.40 bits per heavy atom. The lowest BCUT2D eigenvalue weighted by atomic mass is 10.2. The largest absolute Gasteiger partial charge is 0.432 e. The van der Waals surface area contributed by atoms with Gasteiger partial charge in [-0.1, -0.05) is 15.9 Å². The van der Waals surface area contributed by atoms with E-state index < -0.39 is 4.92 Å². The van der Waals surface area contributed by atoms with Crippen molar-refractivity contribution in [1.82, 2.24) is 4.98 Å². The number of ether oxygens (including phenoxy) is 1. The molecule has 0 aliphatic heterocycles. The Kier molecular flexibility index (Phi) is 3.96. The van der Waals surface area contributed by atoms with Crippen LogP contribution in [0.15, 0.2) is 34.8 Å². The summed E-state index contributed by atoms with van der Waals surface area (Å²) >= 11 is 3.17. The summed E-state index contributed by atoms with van der Waals surface area (Å²) in [4.78, 5) is 14.5. The van der Waals surface area contributed by atoms with Crippen LogP contribution in [0.25, 0.3) is 0 Å². The van der Waals surface area contributed by atoms with Crippen LogP contribution in [0.1, 0.15) is 11.3 Å². The standard InChI is InChI=1S/C13H8BrN3O3/c1-8-4-9(7-15)5-13(16-8)20-12-3-2-10(14)6-11(12)17(18)19/h2-6H,1H3. The molecule has 0 bridgehead atoms. The van der Waals surface area contributed by atoms with Crippen molar-refractivity contribution < 1.29 is 9.66 Å². The molecule has 0 unspecified atom stereocenters. The summed E-state index contributed by atoms with van der Waals surface area (Å²) in [7, 11) is 0. The molecule has 0 saturated carbocycles. The Bertz CT molecular complexity index is 725. The molecule has 2 aromatic rings. The van der Waals surface area contributed by atoms with E-state index in [1.54, 1.807) is 19.1 Å². The van der Waals surface area contributed by atoms with Gasteiger partial charge in [0, 0.05) is 22.3 Å². The highest BCUT2D eigenvalue weighted by Crippen LogP contribution is 2.33. The van der Waals surface area contributed by atoms with Gasteiger partial charge in [0.25, 0.3) is 0 Å². The molecule has 100 valence electrons. The van der Waals surface area contributed by atoms with Crippen LogP contribution in [0.5, 0.6) is 11.6 Å². The Morgan fingerprint density at radius 2 is 2.15 bits per heavy atom. The van der Waals surface area contributed by atoms with Crippen LogP contribution in [-0.2, 0) is 0 Å². The number of benzene rings is 1. The molecule has 0 atom stereocenters. The second-order valence-corrected chi connectivity index (χ2v) is 4.83. The zero-order valence-electron chi connectivity index (χ0n) is 10.3. The molecule has 0 amide bonds. The highest BCUT2D eigenvalue weighted by atomic mass is 79.9. The molecule has 0 radical (unpaired) electrons. The van der Waals surface area contributed by atoms with E-state index >= 15 is 0 Å². The van der Waals surface area contributed by atoms with Gasteiger partial charge in [-0.3, -0.25) is 10.1 Å². The van der Waals surface area contributed by atoms with Gasteiger partial charge in [-0.05, 0) is 25.1 Å². The quantitative estimate of drug-likeness (QED) is 0.630. The molecular formula is C13H8BrN3O3. The second kappa shape index (κ2) is 5.67. The predicted molar refractivity (Wildman–Crippen MR) is 74.6 cm³/mol. The minimum atomic E-state index is -0.541. The number of aryl methyl sites for hydroxylation is 1. The minimum absolute atomic E-state index is 0.0696. The third-order valence-corrected chi connectivity index (χ3v) is 2.88. The molecule has 0 saturated heterocycles. The van der Waals surface area contributed by atoms with Crippen LogP contribution in [0.2, 0.25) is 0 Å². The molecule has 0 N–H and O–H groups in total. The first-order valence-electron chi connectivity index (χ1n) is 5.50. The molecule has 7 heteroatoms. The maximum Gasteiger partial charge on any atom is 0.312 e. The van der Waals surface area contributed by atoms with Gasteiger partial charge in [-0.25, -0.2) is 4.98 Å². The number of nitro benzene ring substituents is 1. The fraction of sp³-hybridized carbons (Fsp3) is 0.0769. The molecule has 0 aliphatic rings. The monoisotopic (exact) mass is 333 g/mol. The molecule has 1 heterocycles. The van der Waals surface area contributed by atoms with E-state index in [1.807, 2.05) is 6.07 Å². The van der Waals surface area contributed by atoms with Crippen molar-refractivity contribution in [2.45, 2.75) is 6.92 Å². The topological polar surface area (TPSA) is 89.0 Å². The molecule has 1 aromatic carbocycles. The highest BCUT2D eigenvalue weighted by molar-refractivity contribution is 9.10. The van der Waals surface area contributed by atoms with Crippen molar-refractivity contribution in [3.63, 3.8) is 0 Å². The van der Waals surface area contributed by atoms with Crippen LogP contribution in [0.4, 0.5) is 5.69 Å². The summed E-state index contributed by atoms with van der Waals surface area (Å²) in [6.07, 6.45) is 0. The van der Waals surface area contributed by atoms with Crippen molar-refractivity contribution in [1.29, 1.82) is 5.26 Å². The first-order chi connectivity index (χ1) is 9.49. The lowest BCUT2D eigenvalue weighted by molar-refractivity contribution is -0.385. The van der Waals surface area contributed by atoms with E-state index in [9.17, 15) is 10.1 Å². The maximum absolute atomic E-state index is 11.0. The Labute approximate surface area is 122 Å². The van der Waals surface area contributed by atoms with Gasteiger partial charge >= 0.3 is 5.69 Å². The van der Waals surface area contributed by atoms with Crippen LogP contribution >= 0.6 is 15.9 Å². The van der Waals surface area contributed by atoms with Gasteiger partial charge in [0.2, 0.25) is 11.6 Å². The number of aromatic nitrogens is 1. The number of nitriles is 1. The van der Waals surface area contributed by atoms with E-state index in [0.29, 0.717) is 15.7 Å². The molecule has 0 aliphatic carbocycles. The lowest BCUT2D eigenvalue weighted by Crippen LogP contribution is -1.96. The Hall–Kier alpha value is -2.46. The molecule has 0 fully saturated rings. The predicted octanol–water partition coefficient (Wildman–Crippen LogP) is 3.72. The normalized spacial score (nSPS) is 9.85. The fourth-order valence-electron chi connectivity index (χ4n) is 1.59.